The van der Waals surface area contributed by atoms with E-state index in [2.05, 4.69) is 0 Å². The van der Waals surface area contributed by atoms with E-state index in [1.165, 1.54) is 0 Å². The number of hydrogen-bond acceptors (Lipinski definition) is 2. The molecule has 66 valence electrons. The predicted molar refractivity (Wildman–Crippen MR) is 45.6 cm³/mol. The number of ketones is 1. The number of Topliss-reactive ketones (excluding diaryl/α,β-unsaturated/α-hetero) is 1. The Morgan fingerprint density at radius 2 is 1.91 bits per heavy atom. The van der Waals surface area contributed by atoms with Crippen molar-refractivity contribution in [3.8, 4) is 0 Å². The van der Waals surface area contributed by atoms with E-state index in [4.69, 9.17) is 4.74 Å². The van der Waals surface area contributed by atoms with Gasteiger partial charge in [0.15, 0.2) is 5.78 Å². The Hall–Kier alpha value is -0.370. The Bertz CT molecular complexity index is 119. The maximum Gasteiger partial charge on any atom is 0.160 e. The Balaban J connectivity index is 3.46. The van der Waals surface area contributed by atoms with Gasteiger partial charge in [0.1, 0.15) is 6.61 Å². The molecule has 0 N–H and O–H groups in total. The molecular weight excluding hydrogens is 140 g/mol. The highest BCUT2D eigenvalue weighted by atomic mass is 16.5. The van der Waals surface area contributed by atoms with Crippen LogP contribution in [0.3, 0.4) is 0 Å². The van der Waals surface area contributed by atoms with Gasteiger partial charge in [-0.25, -0.2) is 0 Å². The van der Waals surface area contributed by atoms with Crippen molar-refractivity contribution in [1.82, 2.24) is 0 Å². The maximum absolute atomic E-state index is 11.0. The summed E-state index contributed by atoms with van der Waals surface area (Å²) in [4.78, 5) is 11.0. The monoisotopic (exact) mass is 158 g/mol. The summed E-state index contributed by atoms with van der Waals surface area (Å²) in [5.74, 6) is 0.282. The lowest BCUT2D eigenvalue weighted by Crippen LogP contribution is -2.18. The van der Waals surface area contributed by atoms with Crippen molar-refractivity contribution >= 4 is 5.78 Å². The lowest BCUT2D eigenvalue weighted by atomic mass is 10.1. The zero-order valence-electron chi connectivity index (χ0n) is 7.89. The first-order valence-corrected chi connectivity index (χ1v) is 4.22. The molecule has 1 atom stereocenters. The standard InChI is InChI=1S/C9H18O2/c1-5-8(4)11-6-9(10)7(2)3/h7-8H,5-6H2,1-4H3. The molecule has 0 saturated heterocycles. The first-order valence-electron chi connectivity index (χ1n) is 4.22. The highest BCUT2D eigenvalue weighted by Crippen LogP contribution is 1.99. The molecule has 2 nitrogen and oxygen atoms in total. The molecule has 0 aliphatic carbocycles. The van der Waals surface area contributed by atoms with Gasteiger partial charge in [-0.3, -0.25) is 4.79 Å². The van der Waals surface area contributed by atoms with Crippen molar-refractivity contribution in [1.29, 1.82) is 0 Å². The topological polar surface area (TPSA) is 26.3 Å². The van der Waals surface area contributed by atoms with E-state index in [1.807, 2.05) is 27.7 Å². The molecule has 0 bridgehead atoms. The second kappa shape index (κ2) is 5.30. The van der Waals surface area contributed by atoms with Crippen molar-refractivity contribution in [2.75, 3.05) is 6.61 Å². The Labute approximate surface area is 68.9 Å². The molecule has 0 aromatic rings. The van der Waals surface area contributed by atoms with Gasteiger partial charge in [-0.2, -0.15) is 0 Å². The molecule has 0 amide bonds. The first kappa shape index (κ1) is 10.6. The van der Waals surface area contributed by atoms with Gasteiger partial charge in [-0.1, -0.05) is 20.8 Å². The SMILES string of the molecule is CCC(C)OCC(=O)C(C)C. The van der Waals surface area contributed by atoms with Crippen molar-refractivity contribution in [3.05, 3.63) is 0 Å². The van der Waals surface area contributed by atoms with Crippen LogP contribution in [0.1, 0.15) is 34.1 Å². The van der Waals surface area contributed by atoms with Crippen LogP contribution in [0.2, 0.25) is 0 Å². The van der Waals surface area contributed by atoms with Gasteiger partial charge in [0.2, 0.25) is 0 Å². The molecule has 0 aromatic carbocycles. The van der Waals surface area contributed by atoms with E-state index in [0.717, 1.165) is 6.42 Å². The van der Waals surface area contributed by atoms with E-state index in [0.29, 0.717) is 0 Å². The smallest absolute Gasteiger partial charge is 0.160 e. The molecule has 0 heterocycles. The van der Waals surface area contributed by atoms with Gasteiger partial charge in [-0.05, 0) is 13.3 Å². The van der Waals surface area contributed by atoms with Crippen LogP contribution in [0.5, 0.6) is 0 Å². The van der Waals surface area contributed by atoms with Gasteiger partial charge in [0, 0.05) is 5.92 Å². The zero-order chi connectivity index (χ0) is 8.85. The van der Waals surface area contributed by atoms with E-state index in [1.54, 1.807) is 0 Å². The van der Waals surface area contributed by atoms with Crippen LogP contribution in [0, 0.1) is 5.92 Å². The fraction of sp³-hybridized carbons (Fsp3) is 0.889. The van der Waals surface area contributed by atoms with Crippen LogP contribution in [0.4, 0.5) is 0 Å². The molecule has 2 heteroatoms. The Morgan fingerprint density at radius 3 is 2.27 bits per heavy atom. The van der Waals surface area contributed by atoms with Crippen LogP contribution >= 0.6 is 0 Å². The molecule has 0 saturated carbocycles. The van der Waals surface area contributed by atoms with Crippen LogP contribution in [0.15, 0.2) is 0 Å². The third-order valence-electron chi connectivity index (χ3n) is 1.73. The quantitative estimate of drug-likeness (QED) is 0.612. The Kier molecular flexibility index (Phi) is 5.12. The normalized spacial score (nSPS) is 13.5. The van der Waals surface area contributed by atoms with Crippen molar-refractivity contribution in [2.24, 2.45) is 5.92 Å². The average molecular weight is 158 g/mol. The minimum Gasteiger partial charge on any atom is -0.371 e. The fourth-order valence-corrected chi connectivity index (χ4v) is 0.509. The second-order valence-electron chi connectivity index (χ2n) is 3.15. The van der Waals surface area contributed by atoms with Gasteiger partial charge < -0.3 is 4.74 Å². The van der Waals surface area contributed by atoms with Crippen LogP contribution < -0.4 is 0 Å². The highest BCUT2D eigenvalue weighted by Gasteiger charge is 2.08. The van der Waals surface area contributed by atoms with Crippen molar-refractivity contribution in [3.63, 3.8) is 0 Å². The molecule has 0 spiro atoms. The molecule has 0 fully saturated rings. The molecule has 11 heavy (non-hydrogen) atoms. The molecule has 0 aliphatic heterocycles. The third-order valence-corrected chi connectivity index (χ3v) is 1.73. The van der Waals surface area contributed by atoms with E-state index >= 15 is 0 Å². The summed E-state index contributed by atoms with van der Waals surface area (Å²) in [5, 5.41) is 0. The summed E-state index contributed by atoms with van der Waals surface area (Å²) in [6, 6.07) is 0. The van der Waals surface area contributed by atoms with Crippen LogP contribution in [-0.2, 0) is 9.53 Å². The second-order valence-corrected chi connectivity index (χ2v) is 3.15. The minimum atomic E-state index is 0.0963. The summed E-state index contributed by atoms with van der Waals surface area (Å²) in [5.41, 5.74) is 0. The molecule has 0 radical (unpaired) electrons. The van der Waals surface area contributed by atoms with Gasteiger partial charge in [0.25, 0.3) is 0 Å². The summed E-state index contributed by atoms with van der Waals surface area (Å²) in [7, 11) is 0. The predicted octanol–water partition coefficient (Wildman–Crippen LogP) is 2.03. The molecule has 0 rings (SSSR count). The third kappa shape index (κ3) is 4.96. The van der Waals surface area contributed by atoms with Crippen molar-refractivity contribution < 1.29 is 9.53 Å². The number of ether oxygens (including phenoxy) is 1. The molecule has 0 aromatic heterocycles. The fourth-order valence-electron chi connectivity index (χ4n) is 0.509. The summed E-state index contributed by atoms with van der Waals surface area (Å²) in [6.45, 7) is 8.08. The molecular formula is C9H18O2. The van der Waals surface area contributed by atoms with Crippen LogP contribution in [0.25, 0.3) is 0 Å². The first-order chi connectivity index (χ1) is 5.07. The van der Waals surface area contributed by atoms with E-state index in [9.17, 15) is 4.79 Å². The number of carbonyl (C=O) groups excluding carboxylic acids is 1. The van der Waals surface area contributed by atoms with Crippen LogP contribution in [-0.4, -0.2) is 18.5 Å². The Morgan fingerprint density at radius 1 is 1.36 bits per heavy atom. The minimum absolute atomic E-state index is 0.0963. The summed E-state index contributed by atoms with van der Waals surface area (Å²) >= 11 is 0. The summed E-state index contributed by atoms with van der Waals surface area (Å²) < 4.78 is 5.26. The largest absolute Gasteiger partial charge is 0.371 e. The maximum atomic E-state index is 11.0. The lowest BCUT2D eigenvalue weighted by molar-refractivity contribution is -0.128. The number of hydrogen-bond donors (Lipinski definition) is 0. The lowest BCUT2D eigenvalue weighted by Gasteiger charge is -2.10. The molecule has 1 unspecified atom stereocenters. The zero-order valence-corrected chi connectivity index (χ0v) is 7.89. The van der Waals surface area contributed by atoms with Gasteiger partial charge in [0.05, 0.1) is 6.10 Å². The average Bonchev–Trinajstić information content (AvgIpc) is 1.99. The van der Waals surface area contributed by atoms with Crippen molar-refractivity contribution in [2.45, 2.75) is 40.2 Å². The molecule has 0 aliphatic rings. The van der Waals surface area contributed by atoms with E-state index < -0.39 is 0 Å². The summed E-state index contributed by atoms with van der Waals surface area (Å²) in [6.07, 6.45) is 1.17. The number of carbonyl (C=O) groups is 1. The highest BCUT2D eigenvalue weighted by molar-refractivity contribution is 5.81. The number of rotatable bonds is 5. The van der Waals surface area contributed by atoms with E-state index in [-0.39, 0.29) is 24.4 Å². The van der Waals surface area contributed by atoms with Gasteiger partial charge in [-0.15, -0.1) is 0 Å². The van der Waals surface area contributed by atoms with Gasteiger partial charge >= 0.3 is 0 Å².